The maximum absolute atomic E-state index is 12.5. The molecule has 2 rings (SSSR count). The van der Waals surface area contributed by atoms with Gasteiger partial charge in [-0.15, -0.1) is 0 Å². The standard InChI is InChI=1S/C15H18BrN3O4/c1-5-22-13(20)12-10(17)11-8(6-7-9(16)18-11)19(12)14(21)23-15(2,3)4/h6-7H,5,17H2,1-4H3. The third kappa shape index (κ3) is 3.47. The van der Waals surface area contributed by atoms with Crippen LogP contribution >= 0.6 is 15.9 Å². The van der Waals surface area contributed by atoms with Crippen LogP contribution in [0, 0.1) is 0 Å². The van der Waals surface area contributed by atoms with Gasteiger partial charge in [-0.25, -0.2) is 19.1 Å². The molecule has 124 valence electrons. The topological polar surface area (TPSA) is 96.4 Å². The van der Waals surface area contributed by atoms with E-state index in [1.165, 1.54) is 0 Å². The molecule has 23 heavy (non-hydrogen) atoms. The highest BCUT2D eigenvalue weighted by Gasteiger charge is 2.29. The second-order valence-corrected chi connectivity index (χ2v) is 6.61. The summed E-state index contributed by atoms with van der Waals surface area (Å²) in [5.74, 6) is -0.704. The van der Waals surface area contributed by atoms with Gasteiger partial charge in [-0.05, 0) is 55.8 Å². The van der Waals surface area contributed by atoms with E-state index in [0.717, 1.165) is 4.57 Å². The van der Waals surface area contributed by atoms with Crippen molar-refractivity contribution in [2.75, 3.05) is 12.3 Å². The van der Waals surface area contributed by atoms with Gasteiger partial charge in [0, 0.05) is 0 Å². The zero-order valence-electron chi connectivity index (χ0n) is 13.3. The van der Waals surface area contributed by atoms with Crippen LogP contribution in [0.3, 0.4) is 0 Å². The normalized spacial score (nSPS) is 11.5. The number of pyridine rings is 1. The molecule has 8 heteroatoms. The van der Waals surface area contributed by atoms with E-state index in [2.05, 4.69) is 20.9 Å². The number of esters is 1. The van der Waals surface area contributed by atoms with Crippen molar-refractivity contribution in [3.05, 3.63) is 22.4 Å². The first-order valence-electron chi connectivity index (χ1n) is 7.02. The molecule has 2 aromatic rings. The Kier molecular flexibility index (Phi) is 4.65. The second kappa shape index (κ2) is 6.19. The molecular formula is C15H18BrN3O4. The van der Waals surface area contributed by atoms with E-state index >= 15 is 0 Å². The van der Waals surface area contributed by atoms with E-state index in [-0.39, 0.29) is 18.0 Å². The number of anilines is 1. The van der Waals surface area contributed by atoms with E-state index in [0.29, 0.717) is 15.6 Å². The molecule has 0 atom stereocenters. The highest BCUT2D eigenvalue weighted by atomic mass is 79.9. The molecule has 2 N–H and O–H groups in total. The van der Waals surface area contributed by atoms with Crippen LogP contribution in [0.25, 0.3) is 11.0 Å². The molecule has 0 unspecified atom stereocenters. The Morgan fingerprint density at radius 2 is 2.00 bits per heavy atom. The quantitative estimate of drug-likeness (QED) is 0.630. The molecule has 0 aliphatic rings. The van der Waals surface area contributed by atoms with E-state index in [4.69, 9.17) is 15.2 Å². The number of hydrogen-bond acceptors (Lipinski definition) is 6. The Morgan fingerprint density at radius 3 is 2.57 bits per heavy atom. The molecule has 0 amide bonds. The van der Waals surface area contributed by atoms with E-state index in [1.54, 1.807) is 39.8 Å². The molecular weight excluding hydrogens is 366 g/mol. The Balaban J connectivity index is 2.71. The molecule has 0 bridgehead atoms. The van der Waals surface area contributed by atoms with Crippen molar-refractivity contribution in [2.24, 2.45) is 0 Å². The van der Waals surface area contributed by atoms with Gasteiger partial charge in [-0.1, -0.05) is 0 Å². The fraction of sp³-hybridized carbons (Fsp3) is 0.400. The third-order valence-electron chi connectivity index (χ3n) is 2.86. The number of carbonyl (C=O) groups excluding carboxylic acids is 2. The summed E-state index contributed by atoms with van der Waals surface area (Å²) in [4.78, 5) is 29.0. The smallest absolute Gasteiger partial charge is 0.419 e. The summed E-state index contributed by atoms with van der Waals surface area (Å²) in [5, 5.41) is 0. The van der Waals surface area contributed by atoms with Crippen molar-refractivity contribution in [1.29, 1.82) is 0 Å². The van der Waals surface area contributed by atoms with Gasteiger partial charge >= 0.3 is 12.1 Å². The van der Waals surface area contributed by atoms with Gasteiger partial charge in [-0.3, -0.25) is 0 Å². The lowest BCUT2D eigenvalue weighted by Crippen LogP contribution is -2.29. The predicted octanol–water partition coefficient (Wildman–Crippen LogP) is 3.34. The third-order valence-corrected chi connectivity index (χ3v) is 3.30. The van der Waals surface area contributed by atoms with Crippen LogP contribution in [0.1, 0.15) is 38.2 Å². The van der Waals surface area contributed by atoms with Gasteiger partial charge < -0.3 is 15.2 Å². The van der Waals surface area contributed by atoms with Gasteiger partial charge in [0.15, 0.2) is 5.69 Å². The molecule has 0 saturated carbocycles. The molecule has 0 fully saturated rings. The number of hydrogen-bond donors (Lipinski definition) is 1. The van der Waals surface area contributed by atoms with Gasteiger partial charge in [0.05, 0.1) is 17.8 Å². The Hall–Kier alpha value is -2.09. The van der Waals surface area contributed by atoms with E-state index in [1.807, 2.05) is 0 Å². The van der Waals surface area contributed by atoms with Crippen LogP contribution < -0.4 is 5.73 Å². The van der Waals surface area contributed by atoms with Crippen LogP contribution in [0.5, 0.6) is 0 Å². The molecule has 2 heterocycles. The lowest BCUT2D eigenvalue weighted by Gasteiger charge is -2.20. The maximum Gasteiger partial charge on any atom is 0.419 e. The summed E-state index contributed by atoms with van der Waals surface area (Å²) in [6.45, 7) is 7.03. The van der Waals surface area contributed by atoms with E-state index < -0.39 is 17.7 Å². The number of nitrogens with zero attached hydrogens (tertiary/aromatic N) is 2. The number of aromatic nitrogens is 2. The number of carbonyl (C=O) groups is 2. The Labute approximate surface area is 141 Å². The minimum absolute atomic E-state index is 0.0746. The van der Waals surface area contributed by atoms with Crippen LogP contribution in [0.15, 0.2) is 16.7 Å². The molecule has 0 saturated heterocycles. The summed E-state index contributed by atoms with van der Waals surface area (Å²) < 4.78 is 12.0. The first kappa shape index (κ1) is 17.3. The molecule has 0 aromatic carbocycles. The predicted molar refractivity (Wildman–Crippen MR) is 89.4 cm³/mol. The lowest BCUT2D eigenvalue weighted by molar-refractivity contribution is 0.0455. The average Bonchev–Trinajstić information content (AvgIpc) is 2.70. The number of halogens is 1. The minimum Gasteiger partial charge on any atom is -0.461 e. The van der Waals surface area contributed by atoms with Gasteiger partial charge in [0.25, 0.3) is 0 Å². The first-order chi connectivity index (χ1) is 10.7. The van der Waals surface area contributed by atoms with Crippen molar-refractivity contribution in [2.45, 2.75) is 33.3 Å². The fourth-order valence-corrected chi connectivity index (χ4v) is 2.37. The lowest BCUT2D eigenvalue weighted by atomic mass is 10.2. The second-order valence-electron chi connectivity index (χ2n) is 5.80. The highest BCUT2D eigenvalue weighted by molar-refractivity contribution is 9.10. The average molecular weight is 384 g/mol. The number of ether oxygens (including phenoxy) is 2. The fourth-order valence-electron chi connectivity index (χ4n) is 2.06. The minimum atomic E-state index is -0.725. The number of rotatable bonds is 2. The monoisotopic (exact) mass is 383 g/mol. The van der Waals surface area contributed by atoms with Crippen LogP contribution in [0.2, 0.25) is 0 Å². The van der Waals surface area contributed by atoms with Crippen molar-refractivity contribution in [1.82, 2.24) is 9.55 Å². The van der Waals surface area contributed by atoms with Crippen molar-refractivity contribution in [3.8, 4) is 0 Å². The summed E-state index contributed by atoms with van der Waals surface area (Å²) in [7, 11) is 0. The number of nitrogen functional groups attached to an aromatic ring is 1. The summed E-state index contributed by atoms with van der Waals surface area (Å²) in [6, 6.07) is 3.28. The molecule has 7 nitrogen and oxygen atoms in total. The molecule has 0 aliphatic heterocycles. The Bertz CT molecular complexity index is 777. The van der Waals surface area contributed by atoms with Crippen LogP contribution in [-0.4, -0.2) is 33.8 Å². The zero-order valence-corrected chi connectivity index (χ0v) is 14.9. The summed E-state index contributed by atoms with van der Waals surface area (Å²) in [6.07, 6.45) is -0.716. The van der Waals surface area contributed by atoms with Gasteiger partial charge in [-0.2, -0.15) is 0 Å². The van der Waals surface area contributed by atoms with Crippen molar-refractivity contribution in [3.63, 3.8) is 0 Å². The van der Waals surface area contributed by atoms with Crippen LogP contribution in [0.4, 0.5) is 10.5 Å². The highest BCUT2D eigenvalue weighted by Crippen LogP contribution is 2.30. The van der Waals surface area contributed by atoms with Gasteiger partial charge in [0.2, 0.25) is 0 Å². The summed E-state index contributed by atoms with van der Waals surface area (Å²) >= 11 is 3.25. The molecule has 0 aliphatic carbocycles. The molecule has 0 radical (unpaired) electrons. The van der Waals surface area contributed by atoms with Gasteiger partial charge in [0.1, 0.15) is 15.7 Å². The SMILES string of the molecule is CCOC(=O)c1c(N)c2nc(Br)ccc2n1C(=O)OC(C)(C)C. The van der Waals surface area contributed by atoms with Crippen LogP contribution in [-0.2, 0) is 9.47 Å². The zero-order chi connectivity index (χ0) is 17.4. The Morgan fingerprint density at radius 1 is 1.35 bits per heavy atom. The van der Waals surface area contributed by atoms with Crippen molar-refractivity contribution < 1.29 is 19.1 Å². The number of fused-ring (bicyclic) bond motifs is 1. The summed E-state index contributed by atoms with van der Waals surface area (Å²) in [5.41, 5.74) is 6.00. The molecule has 0 spiro atoms. The molecule has 2 aromatic heterocycles. The van der Waals surface area contributed by atoms with E-state index in [9.17, 15) is 9.59 Å². The maximum atomic E-state index is 12.5. The number of nitrogens with two attached hydrogens (primary N) is 1. The largest absolute Gasteiger partial charge is 0.461 e. The first-order valence-corrected chi connectivity index (χ1v) is 7.82. The van der Waals surface area contributed by atoms with Crippen molar-refractivity contribution >= 4 is 44.7 Å².